The highest BCUT2D eigenvalue weighted by Crippen LogP contribution is 2.15. The van der Waals surface area contributed by atoms with E-state index in [1.807, 2.05) is 44.2 Å². The zero-order chi connectivity index (χ0) is 13.0. The molecular weight excluding hydrogens is 226 g/mol. The average molecular weight is 243 g/mol. The zero-order valence-corrected chi connectivity index (χ0v) is 10.6. The van der Waals surface area contributed by atoms with Gasteiger partial charge in [0, 0.05) is 24.2 Å². The van der Waals surface area contributed by atoms with E-state index in [0.717, 1.165) is 16.5 Å². The van der Waals surface area contributed by atoms with Crippen LogP contribution >= 0.6 is 0 Å². The number of rotatable bonds is 3. The van der Waals surface area contributed by atoms with Gasteiger partial charge in [0.05, 0.1) is 5.52 Å². The Bertz CT molecular complexity index is 546. The van der Waals surface area contributed by atoms with Gasteiger partial charge in [0.2, 0.25) is 0 Å². The molecule has 0 aliphatic carbocycles. The molecule has 0 saturated carbocycles. The van der Waals surface area contributed by atoms with Crippen LogP contribution in [0.5, 0.6) is 0 Å². The first-order valence-corrected chi connectivity index (χ1v) is 6.04. The predicted octanol–water partition coefficient (Wildman–Crippen LogP) is 2.44. The first-order chi connectivity index (χ1) is 8.66. The number of hydrogen-bond donors (Lipinski definition) is 2. The molecule has 0 unspecified atom stereocenters. The fourth-order valence-corrected chi connectivity index (χ4v) is 1.80. The van der Waals surface area contributed by atoms with Crippen LogP contribution in [0.3, 0.4) is 0 Å². The summed E-state index contributed by atoms with van der Waals surface area (Å²) in [4.78, 5) is 15.8. The van der Waals surface area contributed by atoms with Crippen molar-refractivity contribution in [1.82, 2.24) is 15.6 Å². The maximum absolute atomic E-state index is 11.5. The molecule has 94 valence electrons. The van der Waals surface area contributed by atoms with Crippen LogP contribution in [-0.2, 0) is 6.54 Å². The van der Waals surface area contributed by atoms with Gasteiger partial charge < -0.3 is 10.6 Å². The molecular formula is C14H17N3O. The summed E-state index contributed by atoms with van der Waals surface area (Å²) in [5, 5.41) is 6.71. The number of carbonyl (C=O) groups excluding carboxylic acids is 1. The van der Waals surface area contributed by atoms with E-state index in [-0.39, 0.29) is 12.1 Å². The van der Waals surface area contributed by atoms with Gasteiger partial charge >= 0.3 is 6.03 Å². The molecule has 18 heavy (non-hydrogen) atoms. The molecule has 4 nitrogen and oxygen atoms in total. The van der Waals surface area contributed by atoms with Crippen molar-refractivity contribution in [2.24, 2.45) is 0 Å². The quantitative estimate of drug-likeness (QED) is 0.870. The molecule has 0 radical (unpaired) electrons. The van der Waals surface area contributed by atoms with Gasteiger partial charge in [-0.25, -0.2) is 4.79 Å². The molecule has 1 aromatic carbocycles. The summed E-state index contributed by atoms with van der Waals surface area (Å²) >= 11 is 0. The molecule has 0 saturated heterocycles. The fraction of sp³-hybridized carbons (Fsp3) is 0.286. The highest BCUT2D eigenvalue weighted by atomic mass is 16.2. The summed E-state index contributed by atoms with van der Waals surface area (Å²) in [6, 6.07) is 9.83. The summed E-state index contributed by atoms with van der Waals surface area (Å²) in [6.45, 7) is 4.37. The van der Waals surface area contributed by atoms with Crippen molar-refractivity contribution in [2.75, 3.05) is 0 Å². The first-order valence-electron chi connectivity index (χ1n) is 6.04. The number of benzene rings is 1. The summed E-state index contributed by atoms with van der Waals surface area (Å²) in [6.07, 6.45) is 1.76. The number of pyridine rings is 1. The number of hydrogen-bond acceptors (Lipinski definition) is 2. The Hall–Kier alpha value is -2.10. The van der Waals surface area contributed by atoms with Gasteiger partial charge in [0.15, 0.2) is 0 Å². The standard InChI is InChI=1S/C14H17N3O/c1-10(2)17-14(18)16-9-11-7-8-15-13-6-4-3-5-12(11)13/h3-8,10H,9H2,1-2H3,(H2,16,17,18). The Labute approximate surface area is 106 Å². The van der Waals surface area contributed by atoms with Crippen LogP contribution in [0, 0.1) is 0 Å². The van der Waals surface area contributed by atoms with Gasteiger partial charge in [0.1, 0.15) is 0 Å². The fourth-order valence-electron chi connectivity index (χ4n) is 1.80. The number of urea groups is 1. The van der Waals surface area contributed by atoms with Crippen LogP contribution in [0.2, 0.25) is 0 Å². The summed E-state index contributed by atoms with van der Waals surface area (Å²) < 4.78 is 0. The Morgan fingerprint density at radius 1 is 1.28 bits per heavy atom. The topological polar surface area (TPSA) is 54.0 Å². The Balaban J connectivity index is 2.10. The highest BCUT2D eigenvalue weighted by Gasteiger charge is 2.04. The van der Waals surface area contributed by atoms with Crippen molar-refractivity contribution < 1.29 is 4.79 Å². The van der Waals surface area contributed by atoms with Crippen LogP contribution in [0.4, 0.5) is 4.79 Å². The van der Waals surface area contributed by atoms with E-state index < -0.39 is 0 Å². The second-order valence-corrected chi connectivity index (χ2v) is 4.47. The van der Waals surface area contributed by atoms with E-state index in [2.05, 4.69) is 15.6 Å². The number of amides is 2. The molecule has 0 spiro atoms. The molecule has 0 aliphatic heterocycles. The van der Waals surface area contributed by atoms with Crippen LogP contribution in [0.15, 0.2) is 36.5 Å². The molecule has 0 bridgehead atoms. The molecule has 2 amide bonds. The van der Waals surface area contributed by atoms with E-state index in [1.54, 1.807) is 6.20 Å². The van der Waals surface area contributed by atoms with Crippen molar-refractivity contribution in [1.29, 1.82) is 0 Å². The van der Waals surface area contributed by atoms with Crippen LogP contribution in [-0.4, -0.2) is 17.1 Å². The lowest BCUT2D eigenvalue weighted by atomic mass is 10.1. The second-order valence-electron chi connectivity index (χ2n) is 4.47. The van der Waals surface area contributed by atoms with Gasteiger partial charge in [-0.2, -0.15) is 0 Å². The molecule has 0 aliphatic rings. The third-order valence-corrected chi connectivity index (χ3v) is 2.60. The molecule has 0 fully saturated rings. The summed E-state index contributed by atoms with van der Waals surface area (Å²) in [5.41, 5.74) is 2.01. The third kappa shape index (κ3) is 2.97. The van der Waals surface area contributed by atoms with Gasteiger partial charge in [-0.1, -0.05) is 18.2 Å². The number of fused-ring (bicyclic) bond motifs is 1. The van der Waals surface area contributed by atoms with Gasteiger partial charge in [-0.3, -0.25) is 4.98 Å². The van der Waals surface area contributed by atoms with Gasteiger partial charge in [0.25, 0.3) is 0 Å². The molecule has 0 atom stereocenters. The number of carbonyl (C=O) groups is 1. The molecule has 4 heteroatoms. The first kappa shape index (κ1) is 12.4. The lowest BCUT2D eigenvalue weighted by molar-refractivity contribution is 0.238. The summed E-state index contributed by atoms with van der Waals surface area (Å²) in [5.74, 6) is 0. The minimum absolute atomic E-state index is 0.138. The van der Waals surface area contributed by atoms with Crippen molar-refractivity contribution in [2.45, 2.75) is 26.4 Å². The minimum Gasteiger partial charge on any atom is -0.336 e. The summed E-state index contributed by atoms with van der Waals surface area (Å²) in [7, 11) is 0. The van der Waals surface area contributed by atoms with E-state index in [9.17, 15) is 4.79 Å². The van der Waals surface area contributed by atoms with Crippen LogP contribution in [0.25, 0.3) is 10.9 Å². The Morgan fingerprint density at radius 2 is 2.06 bits per heavy atom. The SMILES string of the molecule is CC(C)NC(=O)NCc1ccnc2ccccc12. The lowest BCUT2D eigenvalue weighted by Crippen LogP contribution is -2.39. The monoisotopic (exact) mass is 243 g/mol. The number of nitrogens with one attached hydrogen (secondary N) is 2. The maximum atomic E-state index is 11.5. The van der Waals surface area contributed by atoms with E-state index in [0.29, 0.717) is 6.54 Å². The average Bonchev–Trinajstić information content (AvgIpc) is 2.35. The van der Waals surface area contributed by atoms with E-state index in [1.165, 1.54) is 0 Å². The molecule has 1 aromatic heterocycles. The predicted molar refractivity (Wildman–Crippen MR) is 72.3 cm³/mol. The van der Waals surface area contributed by atoms with Crippen LogP contribution < -0.4 is 10.6 Å². The van der Waals surface area contributed by atoms with Crippen molar-refractivity contribution in [3.05, 3.63) is 42.1 Å². The zero-order valence-electron chi connectivity index (χ0n) is 10.6. The number of aromatic nitrogens is 1. The van der Waals surface area contributed by atoms with Gasteiger partial charge in [-0.05, 0) is 31.5 Å². The van der Waals surface area contributed by atoms with E-state index in [4.69, 9.17) is 0 Å². The third-order valence-electron chi connectivity index (χ3n) is 2.60. The number of nitrogens with zero attached hydrogens (tertiary/aromatic N) is 1. The minimum atomic E-state index is -0.147. The lowest BCUT2D eigenvalue weighted by Gasteiger charge is -2.11. The molecule has 2 rings (SSSR count). The van der Waals surface area contributed by atoms with Gasteiger partial charge in [-0.15, -0.1) is 0 Å². The molecule has 2 aromatic rings. The highest BCUT2D eigenvalue weighted by molar-refractivity contribution is 5.82. The van der Waals surface area contributed by atoms with Crippen LogP contribution in [0.1, 0.15) is 19.4 Å². The Kier molecular flexibility index (Phi) is 3.77. The largest absolute Gasteiger partial charge is 0.336 e. The number of para-hydroxylation sites is 1. The van der Waals surface area contributed by atoms with Crippen molar-refractivity contribution >= 4 is 16.9 Å². The Morgan fingerprint density at radius 3 is 2.83 bits per heavy atom. The smallest absolute Gasteiger partial charge is 0.315 e. The maximum Gasteiger partial charge on any atom is 0.315 e. The normalized spacial score (nSPS) is 10.6. The molecule has 2 N–H and O–H groups in total. The van der Waals surface area contributed by atoms with Crippen molar-refractivity contribution in [3.8, 4) is 0 Å². The second kappa shape index (κ2) is 5.49. The molecule has 1 heterocycles. The van der Waals surface area contributed by atoms with E-state index >= 15 is 0 Å². The van der Waals surface area contributed by atoms with Crippen molar-refractivity contribution in [3.63, 3.8) is 0 Å².